The van der Waals surface area contributed by atoms with E-state index in [1.165, 1.54) is 16.2 Å². The Morgan fingerprint density at radius 3 is 3.00 bits per heavy atom. The van der Waals surface area contributed by atoms with Crippen LogP contribution in [0.3, 0.4) is 0 Å². The quantitative estimate of drug-likeness (QED) is 0.871. The zero-order valence-electron chi connectivity index (χ0n) is 10.8. The van der Waals surface area contributed by atoms with Gasteiger partial charge in [-0.3, -0.25) is 4.90 Å². The van der Waals surface area contributed by atoms with Crippen molar-refractivity contribution < 1.29 is 22.4 Å². The van der Waals surface area contributed by atoms with Gasteiger partial charge >= 0.3 is 6.18 Å². The molecular weight excluding hydrogens is 307 g/mol. The van der Waals surface area contributed by atoms with Crippen LogP contribution in [0.5, 0.6) is 0 Å². The highest BCUT2D eigenvalue weighted by Gasteiger charge is 2.38. The minimum atomic E-state index is -4.27. The number of hydrogen-bond acceptors (Lipinski definition) is 6. The summed E-state index contributed by atoms with van der Waals surface area (Å²) in [5.74, 6) is 0.531. The van der Waals surface area contributed by atoms with Crippen molar-refractivity contribution in [3.05, 3.63) is 22.7 Å². The molecule has 3 rings (SSSR count). The summed E-state index contributed by atoms with van der Waals surface area (Å²) in [6.07, 6.45) is -4.27. The maximum Gasteiger partial charge on any atom is 0.401 e. The fourth-order valence-electron chi connectivity index (χ4n) is 2.16. The van der Waals surface area contributed by atoms with E-state index in [0.29, 0.717) is 5.82 Å². The second kappa shape index (κ2) is 5.74. The third-order valence-corrected chi connectivity index (χ3v) is 3.81. The summed E-state index contributed by atoms with van der Waals surface area (Å²) in [5.41, 5.74) is 0.786. The number of ether oxygens (including phenoxy) is 1. The van der Waals surface area contributed by atoms with Gasteiger partial charge in [0.1, 0.15) is 6.04 Å². The van der Waals surface area contributed by atoms with Gasteiger partial charge in [-0.2, -0.15) is 29.5 Å². The van der Waals surface area contributed by atoms with E-state index >= 15 is 0 Å². The first-order chi connectivity index (χ1) is 10.0. The summed E-state index contributed by atoms with van der Waals surface area (Å²) in [6.45, 7) is -0.461. The van der Waals surface area contributed by atoms with E-state index in [0.717, 1.165) is 5.56 Å². The predicted octanol–water partition coefficient (Wildman–Crippen LogP) is 2.73. The lowest BCUT2D eigenvalue weighted by Gasteiger charge is -2.33. The molecule has 0 spiro atoms. The molecule has 5 nitrogen and oxygen atoms in total. The highest BCUT2D eigenvalue weighted by atomic mass is 32.1. The number of nitrogens with zero attached hydrogens (tertiary/aromatic N) is 3. The summed E-state index contributed by atoms with van der Waals surface area (Å²) in [4.78, 5) is 5.45. The molecule has 2 aromatic rings. The fraction of sp³-hybridized carbons (Fsp3) is 0.500. The minimum absolute atomic E-state index is 0.112. The second-order valence-corrected chi connectivity index (χ2v) is 5.42. The van der Waals surface area contributed by atoms with Gasteiger partial charge in [-0.25, -0.2) is 0 Å². The van der Waals surface area contributed by atoms with Crippen molar-refractivity contribution in [3.8, 4) is 11.4 Å². The number of thiophene rings is 1. The van der Waals surface area contributed by atoms with Crippen LogP contribution in [0, 0.1) is 0 Å². The molecule has 1 saturated heterocycles. The highest BCUT2D eigenvalue weighted by Crippen LogP contribution is 2.29. The molecule has 1 aliphatic heterocycles. The van der Waals surface area contributed by atoms with Gasteiger partial charge in [0.2, 0.25) is 11.7 Å². The van der Waals surface area contributed by atoms with E-state index in [4.69, 9.17) is 9.26 Å². The van der Waals surface area contributed by atoms with Crippen LogP contribution in [0.4, 0.5) is 13.2 Å². The summed E-state index contributed by atoms with van der Waals surface area (Å²) < 4.78 is 48.2. The number of aromatic nitrogens is 2. The average molecular weight is 319 g/mol. The minimum Gasteiger partial charge on any atom is -0.378 e. The Hall–Kier alpha value is -1.45. The summed E-state index contributed by atoms with van der Waals surface area (Å²) in [7, 11) is 0. The van der Waals surface area contributed by atoms with Gasteiger partial charge in [-0.1, -0.05) is 5.16 Å². The van der Waals surface area contributed by atoms with Crippen molar-refractivity contribution in [1.29, 1.82) is 0 Å². The Labute approximate surface area is 122 Å². The highest BCUT2D eigenvalue weighted by molar-refractivity contribution is 7.08. The first-order valence-corrected chi connectivity index (χ1v) is 7.22. The molecule has 9 heteroatoms. The van der Waals surface area contributed by atoms with Crippen LogP contribution in [0.25, 0.3) is 11.4 Å². The fourth-order valence-corrected chi connectivity index (χ4v) is 2.80. The molecule has 0 aliphatic carbocycles. The van der Waals surface area contributed by atoms with Crippen molar-refractivity contribution in [2.45, 2.75) is 12.2 Å². The molecule has 0 unspecified atom stereocenters. The van der Waals surface area contributed by atoms with Crippen molar-refractivity contribution in [1.82, 2.24) is 15.0 Å². The molecule has 0 saturated carbocycles. The van der Waals surface area contributed by atoms with Gasteiger partial charge in [0, 0.05) is 17.5 Å². The zero-order valence-corrected chi connectivity index (χ0v) is 11.7. The van der Waals surface area contributed by atoms with Crippen LogP contribution in [0.15, 0.2) is 21.3 Å². The van der Waals surface area contributed by atoms with Crippen molar-refractivity contribution in [2.24, 2.45) is 0 Å². The first-order valence-electron chi connectivity index (χ1n) is 6.28. The number of halogens is 3. The van der Waals surface area contributed by atoms with Crippen LogP contribution in [0.1, 0.15) is 11.9 Å². The number of hydrogen-bond donors (Lipinski definition) is 0. The molecule has 1 atom stereocenters. The third kappa shape index (κ3) is 3.42. The predicted molar refractivity (Wildman–Crippen MR) is 68.8 cm³/mol. The zero-order chi connectivity index (χ0) is 14.9. The Morgan fingerprint density at radius 1 is 1.43 bits per heavy atom. The molecule has 114 valence electrons. The average Bonchev–Trinajstić information content (AvgIpc) is 3.08. The molecule has 0 amide bonds. The first kappa shape index (κ1) is 14.5. The SMILES string of the molecule is FC(F)(F)CN1CCOC[C@H]1c1nc(-c2ccsc2)no1. The second-order valence-electron chi connectivity index (χ2n) is 4.64. The van der Waals surface area contributed by atoms with Crippen LogP contribution < -0.4 is 0 Å². The summed E-state index contributed by atoms with van der Waals surface area (Å²) in [5, 5.41) is 7.53. The molecule has 21 heavy (non-hydrogen) atoms. The van der Waals surface area contributed by atoms with Gasteiger partial charge in [-0.05, 0) is 11.4 Å². The molecule has 2 aromatic heterocycles. The normalized spacial score (nSPS) is 20.8. The van der Waals surface area contributed by atoms with E-state index in [2.05, 4.69) is 10.1 Å². The molecule has 0 aromatic carbocycles. The van der Waals surface area contributed by atoms with Crippen LogP contribution in [-0.2, 0) is 4.74 Å². The van der Waals surface area contributed by atoms with Gasteiger partial charge in [0.15, 0.2) is 0 Å². The molecular formula is C12H12F3N3O2S. The van der Waals surface area contributed by atoms with E-state index in [9.17, 15) is 13.2 Å². The number of rotatable bonds is 3. The lowest BCUT2D eigenvalue weighted by atomic mass is 10.2. The standard InChI is InChI=1S/C12H12F3N3O2S/c13-12(14,15)7-18-2-3-19-5-9(18)11-16-10(17-20-11)8-1-4-21-6-8/h1,4,6,9H,2-3,5,7H2/t9-/m0/s1. The van der Waals surface area contributed by atoms with Gasteiger partial charge in [0.05, 0.1) is 19.8 Å². The Morgan fingerprint density at radius 2 is 2.29 bits per heavy atom. The topological polar surface area (TPSA) is 51.4 Å². The molecule has 0 bridgehead atoms. The Kier molecular flexibility index (Phi) is 3.96. The van der Waals surface area contributed by atoms with Crippen molar-refractivity contribution in [2.75, 3.05) is 26.3 Å². The lowest BCUT2D eigenvalue weighted by molar-refractivity contribution is -0.164. The summed E-state index contributed by atoms with van der Waals surface area (Å²) in [6, 6.07) is 1.16. The molecule has 1 aliphatic rings. The summed E-state index contributed by atoms with van der Waals surface area (Å²) >= 11 is 1.48. The smallest absolute Gasteiger partial charge is 0.378 e. The van der Waals surface area contributed by atoms with Crippen LogP contribution in [0.2, 0.25) is 0 Å². The Balaban J connectivity index is 1.80. The van der Waals surface area contributed by atoms with E-state index < -0.39 is 18.8 Å². The van der Waals surface area contributed by atoms with Crippen molar-refractivity contribution >= 4 is 11.3 Å². The molecule has 0 N–H and O–H groups in total. The molecule has 1 fully saturated rings. The van der Waals surface area contributed by atoms with E-state index in [1.807, 2.05) is 16.8 Å². The third-order valence-electron chi connectivity index (χ3n) is 3.13. The maximum absolute atomic E-state index is 12.6. The van der Waals surface area contributed by atoms with Crippen molar-refractivity contribution in [3.63, 3.8) is 0 Å². The van der Waals surface area contributed by atoms with Crippen LogP contribution >= 0.6 is 11.3 Å². The van der Waals surface area contributed by atoms with E-state index in [1.54, 1.807) is 0 Å². The molecule has 3 heterocycles. The van der Waals surface area contributed by atoms with Gasteiger partial charge < -0.3 is 9.26 Å². The molecule has 0 radical (unpaired) electrons. The lowest BCUT2D eigenvalue weighted by Crippen LogP contribution is -2.44. The Bertz CT molecular complexity index is 585. The number of morpholine rings is 1. The van der Waals surface area contributed by atoms with Crippen LogP contribution in [-0.4, -0.2) is 47.5 Å². The monoisotopic (exact) mass is 319 g/mol. The maximum atomic E-state index is 12.6. The largest absolute Gasteiger partial charge is 0.401 e. The number of alkyl halides is 3. The van der Waals surface area contributed by atoms with Gasteiger partial charge in [0.25, 0.3) is 0 Å². The van der Waals surface area contributed by atoms with E-state index in [-0.39, 0.29) is 25.6 Å². The van der Waals surface area contributed by atoms with Gasteiger partial charge in [-0.15, -0.1) is 0 Å².